The van der Waals surface area contributed by atoms with Crippen LogP contribution in [0.4, 0.5) is 5.82 Å². The van der Waals surface area contributed by atoms with Gasteiger partial charge in [-0.05, 0) is 13.0 Å². The highest BCUT2D eigenvalue weighted by Gasteiger charge is 2.08. The van der Waals surface area contributed by atoms with E-state index in [1.54, 1.807) is 14.2 Å². The van der Waals surface area contributed by atoms with Crippen molar-refractivity contribution in [3.63, 3.8) is 0 Å². The molecule has 0 unspecified atom stereocenters. The van der Waals surface area contributed by atoms with E-state index in [0.717, 1.165) is 22.7 Å². The number of nitrogens with zero attached hydrogens (tertiary/aromatic N) is 2. The largest absolute Gasteiger partial charge is 0.496 e. The molecule has 1 aromatic heterocycles. The molecule has 0 bridgehead atoms. The molecule has 1 N–H and O–H groups in total. The lowest BCUT2D eigenvalue weighted by Gasteiger charge is -2.12. The second kappa shape index (κ2) is 6.04. The lowest BCUT2D eigenvalue weighted by molar-refractivity contribution is 0.393. The Morgan fingerprint density at radius 1 is 1.11 bits per heavy atom. The van der Waals surface area contributed by atoms with Crippen molar-refractivity contribution in [2.75, 3.05) is 19.5 Å². The summed E-state index contributed by atoms with van der Waals surface area (Å²) >= 11 is 0. The van der Waals surface area contributed by atoms with Gasteiger partial charge in [-0.1, -0.05) is 18.2 Å². The van der Waals surface area contributed by atoms with Crippen molar-refractivity contribution in [2.24, 2.45) is 0 Å². The lowest BCUT2D eigenvalue weighted by Crippen LogP contribution is -2.06. The summed E-state index contributed by atoms with van der Waals surface area (Å²) < 4.78 is 10.5. The molecule has 1 heterocycles. The Labute approximate surface area is 112 Å². The van der Waals surface area contributed by atoms with Crippen molar-refractivity contribution < 1.29 is 9.47 Å². The number of hydrogen-bond acceptors (Lipinski definition) is 5. The number of methoxy groups -OCH3 is 2. The fraction of sp³-hybridized carbons (Fsp3) is 0.286. The van der Waals surface area contributed by atoms with Crippen LogP contribution in [0.15, 0.2) is 30.6 Å². The van der Waals surface area contributed by atoms with Crippen molar-refractivity contribution >= 4 is 5.82 Å². The van der Waals surface area contributed by atoms with Gasteiger partial charge in [-0.2, -0.15) is 0 Å². The molecule has 1 aromatic carbocycles. The average Bonchev–Trinajstić information content (AvgIpc) is 2.46. The fourth-order valence-corrected chi connectivity index (χ4v) is 1.85. The number of rotatable bonds is 5. The number of hydrogen-bond donors (Lipinski definition) is 1. The van der Waals surface area contributed by atoms with E-state index in [1.165, 1.54) is 6.33 Å². The first-order chi connectivity index (χ1) is 9.26. The molecule has 5 nitrogen and oxygen atoms in total. The van der Waals surface area contributed by atoms with Gasteiger partial charge >= 0.3 is 0 Å². The van der Waals surface area contributed by atoms with Gasteiger partial charge in [-0.15, -0.1) is 0 Å². The predicted octanol–water partition coefficient (Wildman–Crippen LogP) is 2.41. The first kappa shape index (κ1) is 13.1. The van der Waals surface area contributed by atoms with Gasteiger partial charge < -0.3 is 14.8 Å². The average molecular weight is 259 g/mol. The topological polar surface area (TPSA) is 56.3 Å². The van der Waals surface area contributed by atoms with E-state index in [9.17, 15) is 0 Å². The SMILES string of the molecule is COc1ccccc1CNc1ncnc(OC)c1C. The standard InChI is InChI=1S/C14H17N3O2/c1-10-13(16-9-17-14(10)19-3)15-8-11-6-4-5-7-12(11)18-2/h4-7,9H,8H2,1-3H3,(H,15,16,17). The summed E-state index contributed by atoms with van der Waals surface area (Å²) in [6, 6.07) is 7.87. The van der Waals surface area contributed by atoms with Crippen LogP contribution in [0.3, 0.4) is 0 Å². The van der Waals surface area contributed by atoms with Crippen molar-refractivity contribution in [3.05, 3.63) is 41.7 Å². The molecule has 0 fully saturated rings. The minimum Gasteiger partial charge on any atom is -0.496 e. The molecule has 0 spiro atoms. The number of ether oxygens (including phenoxy) is 2. The maximum atomic E-state index is 5.31. The Hall–Kier alpha value is -2.30. The van der Waals surface area contributed by atoms with Crippen LogP contribution in [0.5, 0.6) is 11.6 Å². The van der Waals surface area contributed by atoms with Crippen molar-refractivity contribution in [3.8, 4) is 11.6 Å². The van der Waals surface area contributed by atoms with Crippen molar-refractivity contribution in [1.29, 1.82) is 0 Å². The quantitative estimate of drug-likeness (QED) is 0.893. The van der Waals surface area contributed by atoms with Crippen LogP contribution in [0.2, 0.25) is 0 Å². The lowest BCUT2D eigenvalue weighted by atomic mass is 10.2. The second-order valence-electron chi connectivity index (χ2n) is 4.02. The Morgan fingerprint density at radius 3 is 2.63 bits per heavy atom. The van der Waals surface area contributed by atoms with Gasteiger partial charge in [0.2, 0.25) is 5.88 Å². The van der Waals surface area contributed by atoms with Gasteiger partial charge in [0.05, 0.1) is 19.8 Å². The highest BCUT2D eigenvalue weighted by atomic mass is 16.5. The molecular weight excluding hydrogens is 242 g/mol. The molecule has 0 saturated heterocycles. The zero-order valence-corrected chi connectivity index (χ0v) is 11.3. The van der Waals surface area contributed by atoms with Crippen LogP contribution in [0.1, 0.15) is 11.1 Å². The van der Waals surface area contributed by atoms with Gasteiger partial charge in [-0.3, -0.25) is 0 Å². The molecule has 19 heavy (non-hydrogen) atoms. The fourth-order valence-electron chi connectivity index (χ4n) is 1.85. The molecule has 0 aliphatic carbocycles. The van der Waals surface area contributed by atoms with Crippen LogP contribution >= 0.6 is 0 Å². The molecule has 100 valence electrons. The number of para-hydroxylation sites is 1. The summed E-state index contributed by atoms with van der Waals surface area (Å²) in [6.07, 6.45) is 1.48. The van der Waals surface area contributed by atoms with E-state index >= 15 is 0 Å². The summed E-state index contributed by atoms with van der Waals surface area (Å²) in [4.78, 5) is 8.26. The summed E-state index contributed by atoms with van der Waals surface area (Å²) in [6.45, 7) is 2.55. The summed E-state index contributed by atoms with van der Waals surface area (Å²) in [5.41, 5.74) is 1.96. The Balaban J connectivity index is 2.15. The minimum absolute atomic E-state index is 0.581. The number of anilines is 1. The Bertz CT molecular complexity index is 558. The molecule has 0 saturated carbocycles. The van der Waals surface area contributed by atoms with Crippen LogP contribution in [0.25, 0.3) is 0 Å². The van der Waals surface area contributed by atoms with E-state index in [0.29, 0.717) is 12.4 Å². The zero-order chi connectivity index (χ0) is 13.7. The van der Waals surface area contributed by atoms with Gasteiger partial charge in [0.15, 0.2) is 0 Å². The molecule has 2 rings (SSSR count). The van der Waals surface area contributed by atoms with Gasteiger partial charge in [-0.25, -0.2) is 9.97 Å². The van der Waals surface area contributed by atoms with Crippen LogP contribution < -0.4 is 14.8 Å². The van der Waals surface area contributed by atoms with E-state index in [1.807, 2.05) is 31.2 Å². The molecule has 0 aliphatic rings. The van der Waals surface area contributed by atoms with E-state index in [2.05, 4.69) is 15.3 Å². The van der Waals surface area contributed by atoms with Gasteiger partial charge in [0, 0.05) is 12.1 Å². The molecule has 0 amide bonds. The third-order valence-electron chi connectivity index (χ3n) is 2.87. The minimum atomic E-state index is 0.581. The first-order valence-electron chi connectivity index (χ1n) is 5.97. The molecule has 0 radical (unpaired) electrons. The van der Waals surface area contributed by atoms with E-state index in [4.69, 9.17) is 9.47 Å². The van der Waals surface area contributed by atoms with Crippen LogP contribution in [-0.2, 0) is 6.54 Å². The van der Waals surface area contributed by atoms with Crippen LogP contribution in [0, 0.1) is 6.92 Å². The number of benzene rings is 1. The normalized spacial score (nSPS) is 10.1. The highest BCUT2D eigenvalue weighted by Crippen LogP contribution is 2.22. The Morgan fingerprint density at radius 2 is 1.89 bits per heavy atom. The highest BCUT2D eigenvalue weighted by molar-refractivity contribution is 5.48. The second-order valence-corrected chi connectivity index (χ2v) is 4.02. The van der Waals surface area contributed by atoms with Crippen molar-refractivity contribution in [2.45, 2.75) is 13.5 Å². The zero-order valence-electron chi connectivity index (χ0n) is 11.3. The molecule has 2 aromatic rings. The Kier molecular flexibility index (Phi) is 4.18. The monoisotopic (exact) mass is 259 g/mol. The van der Waals surface area contributed by atoms with E-state index in [-0.39, 0.29) is 0 Å². The van der Waals surface area contributed by atoms with Gasteiger partial charge in [0.1, 0.15) is 17.9 Å². The third kappa shape index (κ3) is 2.93. The first-order valence-corrected chi connectivity index (χ1v) is 5.97. The van der Waals surface area contributed by atoms with Gasteiger partial charge in [0.25, 0.3) is 0 Å². The maximum Gasteiger partial charge on any atom is 0.221 e. The summed E-state index contributed by atoms with van der Waals surface area (Å²) in [5.74, 6) is 2.20. The molecule has 0 atom stereocenters. The summed E-state index contributed by atoms with van der Waals surface area (Å²) in [5, 5.41) is 3.27. The smallest absolute Gasteiger partial charge is 0.221 e. The maximum absolute atomic E-state index is 5.31. The predicted molar refractivity (Wildman–Crippen MR) is 73.6 cm³/mol. The molecular formula is C14H17N3O2. The third-order valence-corrected chi connectivity index (χ3v) is 2.87. The molecule has 0 aliphatic heterocycles. The van der Waals surface area contributed by atoms with E-state index < -0.39 is 0 Å². The number of nitrogens with one attached hydrogen (secondary N) is 1. The number of aromatic nitrogens is 2. The summed E-state index contributed by atoms with van der Waals surface area (Å²) in [7, 11) is 3.26. The van der Waals surface area contributed by atoms with Crippen LogP contribution in [-0.4, -0.2) is 24.2 Å². The molecule has 5 heteroatoms. The van der Waals surface area contributed by atoms with Crippen molar-refractivity contribution in [1.82, 2.24) is 9.97 Å².